The Labute approximate surface area is 119 Å². The largest absolute Gasteiger partial charge is 0.355 e. The fraction of sp³-hybridized carbons (Fsp3) is 0.214. The van der Waals surface area contributed by atoms with Crippen LogP contribution in [0.3, 0.4) is 0 Å². The molecule has 1 N–H and O–H groups in total. The number of hydrogen-bond acceptors (Lipinski definition) is 5. The van der Waals surface area contributed by atoms with Gasteiger partial charge in [0.1, 0.15) is 0 Å². The molecule has 0 fully saturated rings. The lowest BCUT2D eigenvalue weighted by atomic mass is 10.2. The fourth-order valence-corrected chi connectivity index (χ4v) is 2.61. The molecule has 2 heterocycles. The van der Waals surface area contributed by atoms with Crippen LogP contribution in [0, 0.1) is 0 Å². The lowest BCUT2D eigenvalue weighted by Gasteiger charge is -2.01. The number of carbonyl (C=O) groups excluding carboxylic acids is 1. The highest BCUT2D eigenvalue weighted by molar-refractivity contribution is 7.09. The lowest BCUT2D eigenvalue weighted by Crippen LogP contribution is -2.25. The average Bonchev–Trinajstić information content (AvgIpc) is 3.12. The Bertz CT molecular complexity index is 706. The van der Waals surface area contributed by atoms with Crippen molar-refractivity contribution in [2.24, 2.45) is 0 Å². The molecule has 0 atom stereocenters. The van der Waals surface area contributed by atoms with Gasteiger partial charge in [-0.25, -0.2) is 4.98 Å². The van der Waals surface area contributed by atoms with Crippen molar-refractivity contribution >= 4 is 28.2 Å². The van der Waals surface area contributed by atoms with Gasteiger partial charge in [0.2, 0.25) is 0 Å². The molecule has 2 aromatic heterocycles. The number of fused-ring (bicyclic) bond motifs is 1. The van der Waals surface area contributed by atoms with E-state index in [1.807, 2.05) is 23.6 Å². The van der Waals surface area contributed by atoms with E-state index in [4.69, 9.17) is 4.52 Å². The number of aromatic nitrogens is 2. The zero-order valence-corrected chi connectivity index (χ0v) is 11.5. The Morgan fingerprint density at radius 2 is 2.25 bits per heavy atom. The van der Waals surface area contributed by atoms with Crippen LogP contribution in [0.15, 0.2) is 40.4 Å². The van der Waals surface area contributed by atoms with Crippen LogP contribution in [0.5, 0.6) is 0 Å². The Kier molecular flexibility index (Phi) is 3.73. The summed E-state index contributed by atoms with van der Waals surface area (Å²) in [5.74, 6) is -0.200. The van der Waals surface area contributed by atoms with Crippen molar-refractivity contribution in [3.8, 4) is 0 Å². The Balaban J connectivity index is 1.56. The maximum atomic E-state index is 12.0. The Morgan fingerprint density at radius 3 is 3.10 bits per heavy atom. The third-order valence-electron chi connectivity index (χ3n) is 2.93. The zero-order chi connectivity index (χ0) is 13.8. The van der Waals surface area contributed by atoms with Gasteiger partial charge < -0.3 is 9.84 Å². The van der Waals surface area contributed by atoms with Crippen molar-refractivity contribution in [1.82, 2.24) is 15.5 Å². The predicted octanol–water partition coefficient (Wildman–Crippen LogP) is 2.65. The first kappa shape index (κ1) is 12.8. The summed E-state index contributed by atoms with van der Waals surface area (Å²) in [5, 5.41) is 10.5. The summed E-state index contributed by atoms with van der Waals surface area (Å²) in [6.45, 7) is 0.597. The van der Waals surface area contributed by atoms with Crippen LogP contribution in [-0.4, -0.2) is 22.6 Å². The summed E-state index contributed by atoms with van der Waals surface area (Å²) in [4.78, 5) is 16.2. The number of nitrogens with zero attached hydrogens (tertiary/aromatic N) is 2. The highest BCUT2D eigenvalue weighted by atomic mass is 32.1. The van der Waals surface area contributed by atoms with Gasteiger partial charge in [0.05, 0.1) is 10.4 Å². The molecule has 0 aliphatic carbocycles. The van der Waals surface area contributed by atoms with Crippen molar-refractivity contribution < 1.29 is 9.32 Å². The highest BCUT2D eigenvalue weighted by Gasteiger charge is 2.14. The quantitative estimate of drug-likeness (QED) is 0.732. The van der Waals surface area contributed by atoms with Crippen molar-refractivity contribution in [1.29, 1.82) is 0 Å². The Morgan fingerprint density at radius 1 is 1.35 bits per heavy atom. The van der Waals surface area contributed by atoms with Crippen molar-refractivity contribution in [2.75, 3.05) is 6.54 Å². The van der Waals surface area contributed by atoms with Gasteiger partial charge in [0.25, 0.3) is 5.91 Å². The molecule has 6 heteroatoms. The van der Waals surface area contributed by atoms with E-state index in [-0.39, 0.29) is 5.91 Å². The van der Waals surface area contributed by atoms with E-state index in [2.05, 4.69) is 15.5 Å². The molecule has 3 rings (SSSR count). The maximum Gasteiger partial charge on any atom is 0.274 e. The van der Waals surface area contributed by atoms with Gasteiger partial charge in [-0.2, -0.15) is 0 Å². The second-order valence-electron chi connectivity index (χ2n) is 4.31. The van der Waals surface area contributed by atoms with E-state index in [0.717, 1.165) is 23.2 Å². The third kappa shape index (κ3) is 2.70. The van der Waals surface area contributed by atoms with Crippen LogP contribution >= 0.6 is 11.3 Å². The van der Waals surface area contributed by atoms with Gasteiger partial charge in [0, 0.05) is 24.5 Å². The lowest BCUT2D eigenvalue weighted by molar-refractivity contribution is 0.0946. The second kappa shape index (κ2) is 5.83. The zero-order valence-electron chi connectivity index (χ0n) is 10.7. The summed E-state index contributed by atoms with van der Waals surface area (Å²) < 4.78 is 5.12. The molecule has 5 nitrogen and oxygen atoms in total. The number of thiazole rings is 1. The van der Waals surface area contributed by atoms with E-state index in [0.29, 0.717) is 17.8 Å². The molecule has 0 radical (unpaired) electrons. The molecule has 1 aromatic carbocycles. The summed E-state index contributed by atoms with van der Waals surface area (Å²) in [5.41, 5.74) is 0.968. The standard InChI is InChI=1S/C14H13N3O2S/c18-14(16-7-3-6-12-15-8-9-20-12)13-10-4-1-2-5-11(10)19-17-13/h1-2,4-5,8-9H,3,6-7H2,(H,16,18). The molecular weight excluding hydrogens is 274 g/mol. The van der Waals surface area contributed by atoms with Gasteiger partial charge in [-0.15, -0.1) is 11.3 Å². The van der Waals surface area contributed by atoms with E-state index < -0.39 is 0 Å². The predicted molar refractivity (Wildman–Crippen MR) is 76.8 cm³/mol. The number of carbonyl (C=O) groups is 1. The van der Waals surface area contributed by atoms with Gasteiger partial charge in [-0.3, -0.25) is 4.79 Å². The number of aryl methyl sites for hydroxylation is 1. The number of benzene rings is 1. The normalized spacial score (nSPS) is 10.8. The molecule has 102 valence electrons. The van der Waals surface area contributed by atoms with Crippen molar-refractivity contribution in [3.63, 3.8) is 0 Å². The fourth-order valence-electron chi connectivity index (χ4n) is 1.95. The molecule has 20 heavy (non-hydrogen) atoms. The number of hydrogen-bond donors (Lipinski definition) is 1. The SMILES string of the molecule is O=C(NCCCc1nccs1)c1noc2ccccc12. The summed E-state index contributed by atoms with van der Waals surface area (Å²) in [6, 6.07) is 7.33. The van der Waals surface area contributed by atoms with Crippen LogP contribution in [0.1, 0.15) is 21.9 Å². The van der Waals surface area contributed by atoms with Gasteiger partial charge >= 0.3 is 0 Å². The third-order valence-corrected chi connectivity index (χ3v) is 3.77. The summed E-state index contributed by atoms with van der Waals surface area (Å²) >= 11 is 1.63. The van der Waals surface area contributed by atoms with Gasteiger partial charge in [0.15, 0.2) is 11.3 Å². The van der Waals surface area contributed by atoms with Crippen LogP contribution in [0.4, 0.5) is 0 Å². The van der Waals surface area contributed by atoms with Crippen LogP contribution in [-0.2, 0) is 6.42 Å². The van der Waals surface area contributed by atoms with Crippen LogP contribution in [0.2, 0.25) is 0 Å². The molecular formula is C14H13N3O2S. The average molecular weight is 287 g/mol. The monoisotopic (exact) mass is 287 g/mol. The summed E-state index contributed by atoms with van der Waals surface area (Å²) in [6.07, 6.45) is 3.52. The molecule has 0 saturated heterocycles. The molecule has 3 aromatic rings. The minimum absolute atomic E-state index is 0.200. The molecule has 0 aliphatic heterocycles. The van der Waals surface area contributed by atoms with Crippen molar-refractivity contribution in [3.05, 3.63) is 46.5 Å². The molecule has 0 aliphatic rings. The molecule has 0 spiro atoms. The first-order valence-corrected chi connectivity index (χ1v) is 7.23. The smallest absolute Gasteiger partial charge is 0.274 e. The molecule has 1 amide bonds. The van der Waals surface area contributed by atoms with Crippen LogP contribution in [0.25, 0.3) is 11.0 Å². The molecule has 0 saturated carbocycles. The van der Waals surface area contributed by atoms with Gasteiger partial charge in [-0.05, 0) is 18.6 Å². The highest BCUT2D eigenvalue weighted by Crippen LogP contribution is 2.17. The second-order valence-corrected chi connectivity index (χ2v) is 5.29. The van der Waals surface area contributed by atoms with Crippen molar-refractivity contribution in [2.45, 2.75) is 12.8 Å². The van der Waals surface area contributed by atoms with Crippen LogP contribution < -0.4 is 5.32 Å². The number of para-hydroxylation sites is 1. The molecule has 0 unspecified atom stereocenters. The number of rotatable bonds is 5. The first-order chi connectivity index (χ1) is 9.84. The minimum Gasteiger partial charge on any atom is -0.355 e. The van der Waals surface area contributed by atoms with E-state index >= 15 is 0 Å². The maximum absolute atomic E-state index is 12.0. The van der Waals surface area contributed by atoms with E-state index in [9.17, 15) is 4.79 Å². The first-order valence-electron chi connectivity index (χ1n) is 6.35. The topological polar surface area (TPSA) is 68.0 Å². The minimum atomic E-state index is -0.200. The van der Waals surface area contributed by atoms with Gasteiger partial charge in [-0.1, -0.05) is 17.3 Å². The number of nitrogens with one attached hydrogen (secondary N) is 1. The molecule has 0 bridgehead atoms. The van der Waals surface area contributed by atoms with E-state index in [1.54, 1.807) is 23.6 Å². The number of amides is 1. The summed E-state index contributed by atoms with van der Waals surface area (Å²) in [7, 11) is 0. The van der Waals surface area contributed by atoms with E-state index in [1.165, 1.54) is 0 Å². The Hall–Kier alpha value is -2.21.